The number of hydrogen-bond acceptors (Lipinski definition) is 3. The molecular formula is C17H30N2S. The SMILES string of the molecule is CCC1(C)CNC(CC(C)C)CN1CCc1cccs1. The minimum absolute atomic E-state index is 0.324. The quantitative estimate of drug-likeness (QED) is 0.859. The summed E-state index contributed by atoms with van der Waals surface area (Å²) in [6.45, 7) is 12.9. The number of rotatable bonds is 6. The van der Waals surface area contributed by atoms with Gasteiger partial charge in [-0.15, -0.1) is 11.3 Å². The van der Waals surface area contributed by atoms with E-state index in [1.54, 1.807) is 0 Å². The highest BCUT2D eigenvalue weighted by molar-refractivity contribution is 7.09. The first-order valence-electron chi connectivity index (χ1n) is 8.04. The zero-order valence-electron chi connectivity index (χ0n) is 13.5. The molecule has 1 N–H and O–H groups in total. The lowest BCUT2D eigenvalue weighted by Crippen LogP contribution is -2.63. The van der Waals surface area contributed by atoms with Crippen LogP contribution >= 0.6 is 11.3 Å². The Balaban J connectivity index is 1.95. The Kier molecular flexibility index (Phi) is 5.65. The Morgan fingerprint density at radius 3 is 2.90 bits per heavy atom. The summed E-state index contributed by atoms with van der Waals surface area (Å²) in [5.74, 6) is 0.776. The van der Waals surface area contributed by atoms with Crippen molar-refractivity contribution in [2.75, 3.05) is 19.6 Å². The highest BCUT2D eigenvalue weighted by atomic mass is 32.1. The molecule has 114 valence electrons. The first-order valence-corrected chi connectivity index (χ1v) is 8.92. The summed E-state index contributed by atoms with van der Waals surface area (Å²) >= 11 is 1.89. The molecule has 0 spiro atoms. The highest BCUT2D eigenvalue weighted by Crippen LogP contribution is 2.25. The molecule has 0 amide bonds. The van der Waals surface area contributed by atoms with Crippen molar-refractivity contribution >= 4 is 11.3 Å². The van der Waals surface area contributed by atoms with E-state index in [0.717, 1.165) is 12.5 Å². The Bertz CT molecular complexity index is 388. The van der Waals surface area contributed by atoms with Crippen molar-refractivity contribution in [3.63, 3.8) is 0 Å². The predicted octanol–water partition coefficient (Wildman–Crippen LogP) is 3.78. The van der Waals surface area contributed by atoms with Crippen LogP contribution in [0.1, 0.15) is 45.4 Å². The van der Waals surface area contributed by atoms with Crippen LogP contribution in [0.5, 0.6) is 0 Å². The number of piperazine rings is 1. The Morgan fingerprint density at radius 2 is 2.30 bits per heavy atom. The number of thiophene rings is 1. The molecule has 1 saturated heterocycles. The number of nitrogens with one attached hydrogen (secondary N) is 1. The van der Waals surface area contributed by atoms with E-state index in [9.17, 15) is 0 Å². The number of nitrogens with zero attached hydrogens (tertiary/aromatic N) is 1. The van der Waals surface area contributed by atoms with Gasteiger partial charge in [0.05, 0.1) is 0 Å². The molecule has 2 nitrogen and oxygen atoms in total. The van der Waals surface area contributed by atoms with E-state index < -0.39 is 0 Å². The van der Waals surface area contributed by atoms with Crippen LogP contribution in [0.2, 0.25) is 0 Å². The fourth-order valence-electron chi connectivity index (χ4n) is 3.16. The molecular weight excluding hydrogens is 264 g/mol. The smallest absolute Gasteiger partial charge is 0.0304 e. The summed E-state index contributed by atoms with van der Waals surface area (Å²) in [4.78, 5) is 4.25. The van der Waals surface area contributed by atoms with Gasteiger partial charge in [-0.3, -0.25) is 4.90 Å². The summed E-state index contributed by atoms with van der Waals surface area (Å²) in [5.41, 5.74) is 0.324. The van der Waals surface area contributed by atoms with Crippen molar-refractivity contribution in [1.29, 1.82) is 0 Å². The Hall–Kier alpha value is -0.380. The molecule has 2 rings (SSSR count). The van der Waals surface area contributed by atoms with E-state index in [0.29, 0.717) is 11.6 Å². The van der Waals surface area contributed by atoms with E-state index in [1.807, 2.05) is 11.3 Å². The lowest BCUT2D eigenvalue weighted by molar-refractivity contribution is 0.0456. The summed E-state index contributed by atoms with van der Waals surface area (Å²) in [5, 5.41) is 5.96. The topological polar surface area (TPSA) is 15.3 Å². The maximum atomic E-state index is 3.78. The molecule has 2 heterocycles. The second-order valence-electron chi connectivity index (χ2n) is 6.83. The van der Waals surface area contributed by atoms with Gasteiger partial charge in [0, 0.05) is 36.1 Å². The Morgan fingerprint density at radius 1 is 1.50 bits per heavy atom. The molecule has 20 heavy (non-hydrogen) atoms. The third kappa shape index (κ3) is 4.06. The van der Waals surface area contributed by atoms with Crippen molar-refractivity contribution in [3.8, 4) is 0 Å². The highest BCUT2D eigenvalue weighted by Gasteiger charge is 2.35. The summed E-state index contributed by atoms with van der Waals surface area (Å²) < 4.78 is 0. The van der Waals surface area contributed by atoms with Crippen molar-refractivity contribution in [1.82, 2.24) is 10.2 Å². The molecule has 1 aromatic heterocycles. The zero-order valence-corrected chi connectivity index (χ0v) is 14.3. The van der Waals surface area contributed by atoms with Gasteiger partial charge in [0.1, 0.15) is 0 Å². The maximum absolute atomic E-state index is 3.78. The van der Waals surface area contributed by atoms with Crippen LogP contribution in [0.3, 0.4) is 0 Å². The predicted molar refractivity (Wildman–Crippen MR) is 89.5 cm³/mol. The normalized spacial score (nSPS) is 28.1. The lowest BCUT2D eigenvalue weighted by atomic mass is 9.89. The first-order chi connectivity index (χ1) is 9.53. The van der Waals surface area contributed by atoms with Gasteiger partial charge in [0.15, 0.2) is 0 Å². The molecule has 0 saturated carbocycles. The van der Waals surface area contributed by atoms with Crippen LogP contribution in [0.25, 0.3) is 0 Å². The molecule has 2 unspecified atom stereocenters. The standard InChI is InChI=1S/C17H30N2S/c1-5-17(4)13-18-15(11-14(2)3)12-19(17)9-8-16-7-6-10-20-16/h6-7,10,14-15,18H,5,8-9,11-13H2,1-4H3. The molecule has 0 aliphatic carbocycles. The zero-order chi connectivity index (χ0) is 14.6. The van der Waals surface area contributed by atoms with E-state index >= 15 is 0 Å². The van der Waals surface area contributed by atoms with Crippen LogP contribution in [0.15, 0.2) is 17.5 Å². The minimum atomic E-state index is 0.324. The number of hydrogen-bond donors (Lipinski definition) is 1. The second kappa shape index (κ2) is 7.06. The van der Waals surface area contributed by atoms with Crippen molar-refractivity contribution < 1.29 is 0 Å². The van der Waals surface area contributed by atoms with Crippen LogP contribution in [-0.2, 0) is 6.42 Å². The lowest BCUT2D eigenvalue weighted by Gasteiger charge is -2.48. The van der Waals surface area contributed by atoms with Crippen LogP contribution in [-0.4, -0.2) is 36.1 Å². The van der Waals surface area contributed by atoms with Gasteiger partial charge in [0.2, 0.25) is 0 Å². The average Bonchev–Trinajstić information content (AvgIpc) is 2.92. The third-order valence-corrected chi connectivity index (χ3v) is 5.64. The first kappa shape index (κ1) is 16.0. The van der Waals surface area contributed by atoms with Crippen LogP contribution in [0, 0.1) is 5.92 Å². The molecule has 1 fully saturated rings. The maximum Gasteiger partial charge on any atom is 0.0304 e. The van der Waals surface area contributed by atoms with Gasteiger partial charge in [0.25, 0.3) is 0 Å². The molecule has 3 heteroatoms. The molecule has 2 atom stereocenters. The molecule has 0 radical (unpaired) electrons. The third-order valence-electron chi connectivity index (χ3n) is 4.70. The fourth-order valence-corrected chi connectivity index (χ4v) is 3.86. The summed E-state index contributed by atoms with van der Waals surface area (Å²) in [6.07, 6.45) is 3.70. The van der Waals surface area contributed by atoms with E-state index in [1.165, 1.54) is 37.2 Å². The molecule has 0 aromatic carbocycles. The summed E-state index contributed by atoms with van der Waals surface area (Å²) in [7, 11) is 0. The Labute approximate surface area is 128 Å². The van der Waals surface area contributed by atoms with Gasteiger partial charge >= 0.3 is 0 Å². The largest absolute Gasteiger partial charge is 0.311 e. The van der Waals surface area contributed by atoms with E-state index in [2.05, 4.69) is 55.4 Å². The van der Waals surface area contributed by atoms with Crippen molar-refractivity contribution in [2.24, 2.45) is 5.92 Å². The van der Waals surface area contributed by atoms with Gasteiger partial charge in [-0.1, -0.05) is 26.8 Å². The van der Waals surface area contributed by atoms with Gasteiger partial charge < -0.3 is 5.32 Å². The monoisotopic (exact) mass is 294 g/mol. The molecule has 0 bridgehead atoms. The van der Waals surface area contributed by atoms with Gasteiger partial charge in [-0.05, 0) is 43.6 Å². The van der Waals surface area contributed by atoms with Crippen LogP contribution < -0.4 is 5.32 Å². The van der Waals surface area contributed by atoms with E-state index in [4.69, 9.17) is 0 Å². The van der Waals surface area contributed by atoms with Gasteiger partial charge in [-0.2, -0.15) is 0 Å². The average molecular weight is 295 g/mol. The van der Waals surface area contributed by atoms with Crippen molar-refractivity contribution in [3.05, 3.63) is 22.4 Å². The second-order valence-corrected chi connectivity index (χ2v) is 7.87. The minimum Gasteiger partial charge on any atom is -0.311 e. The summed E-state index contributed by atoms with van der Waals surface area (Å²) in [6, 6.07) is 5.10. The molecule has 1 aromatic rings. The van der Waals surface area contributed by atoms with Crippen LogP contribution in [0.4, 0.5) is 0 Å². The van der Waals surface area contributed by atoms with Gasteiger partial charge in [-0.25, -0.2) is 0 Å². The van der Waals surface area contributed by atoms with Crippen molar-refractivity contribution in [2.45, 2.75) is 58.5 Å². The fraction of sp³-hybridized carbons (Fsp3) is 0.765. The molecule has 1 aliphatic rings. The van der Waals surface area contributed by atoms with E-state index in [-0.39, 0.29) is 0 Å². The molecule has 1 aliphatic heterocycles.